The van der Waals surface area contributed by atoms with Gasteiger partial charge in [-0.25, -0.2) is 0 Å². The molecule has 1 aliphatic carbocycles. The molecule has 84 valence electrons. The van der Waals surface area contributed by atoms with Crippen LogP contribution < -0.4 is 0 Å². The first kappa shape index (κ1) is 11.0. The highest BCUT2D eigenvalue weighted by Crippen LogP contribution is 2.30. The zero-order valence-electron chi connectivity index (χ0n) is 9.07. The van der Waals surface area contributed by atoms with E-state index in [0.29, 0.717) is 12.6 Å². The highest BCUT2D eigenvalue weighted by atomic mass is 32.2. The van der Waals surface area contributed by atoms with Gasteiger partial charge in [0.05, 0.1) is 13.0 Å². The van der Waals surface area contributed by atoms with E-state index in [0.717, 1.165) is 18.1 Å². The summed E-state index contributed by atoms with van der Waals surface area (Å²) in [5.41, 5.74) is 0. The van der Waals surface area contributed by atoms with Gasteiger partial charge in [-0.05, 0) is 31.9 Å². The van der Waals surface area contributed by atoms with E-state index < -0.39 is 0 Å². The van der Waals surface area contributed by atoms with Crippen molar-refractivity contribution < 1.29 is 9.59 Å². The SMILES string of the molecule is CSC1CCC(N2CC(=O)CC2=O)CC1. The van der Waals surface area contributed by atoms with Crippen molar-refractivity contribution in [2.45, 2.75) is 43.4 Å². The van der Waals surface area contributed by atoms with Gasteiger partial charge in [-0.1, -0.05) is 0 Å². The van der Waals surface area contributed by atoms with Crippen LogP contribution >= 0.6 is 11.8 Å². The topological polar surface area (TPSA) is 37.4 Å². The number of Topliss-reactive ketones (excluding diaryl/α,β-unsaturated/α-hetero) is 1. The summed E-state index contributed by atoms with van der Waals surface area (Å²) in [5, 5.41) is 0.759. The van der Waals surface area contributed by atoms with Crippen LogP contribution in [0.3, 0.4) is 0 Å². The Kier molecular flexibility index (Phi) is 3.34. The normalized spacial score (nSPS) is 32.5. The molecule has 0 aromatic heterocycles. The molecule has 0 aromatic carbocycles. The largest absolute Gasteiger partial charge is 0.332 e. The van der Waals surface area contributed by atoms with Gasteiger partial charge in [-0.2, -0.15) is 11.8 Å². The van der Waals surface area contributed by atoms with E-state index in [1.807, 2.05) is 11.8 Å². The molecule has 1 saturated heterocycles. The third-order valence-electron chi connectivity index (χ3n) is 3.43. The van der Waals surface area contributed by atoms with E-state index in [2.05, 4.69) is 6.26 Å². The van der Waals surface area contributed by atoms with Gasteiger partial charge < -0.3 is 4.90 Å². The second-order valence-electron chi connectivity index (χ2n) is 4.40. The van der Waals surface area contributed by atoms with Crippen LogP contribution in [0.1, 0.15) is 32.1 Å². The molecule has 0 aromatic rings. The van der Waals surface area contributed by atoms with Crippen LogP contribution in [0, 0.1) is 0 Å². The smallest absolute Gasteiger partial charge is 0.230 e. The van der Waals surface area contributed by atoms with Gasteiger partial charge in [0, 0.05) is 11.3 Å². The number of hydrogen-bond acceptors (Lipinski definition) is 3. The molecule has 2 rings (SSSR count). The molecule has 1 saturated carbocycles. The highest BCUT2D eigenvalue weighted by Gasteiger charge is 2.34. The van der Waals surface area contributed by atoms with Crippen LogP contribution in [0.25, 0.3) is 0 Å². The lowest BCUT2D eigenvalue weighted by Crippen LogP contribution is -2.39. The molecule has 2 fully saturated rings. The molecule has 15 heavy (non-hydrogen) atoms. The van der Waals surface area contributed by atoms with Crippen LogP contribution in [0.15, 0.2) is 0 Å². The molecule has 2 aliphatic rings. The van der Waals surface area contributed by atoms with Gasteiger partial charge in [0.2, 0.25) is 5.91 Å². The van der Waals surface area contributed by atoms with Crippen LogP contribution in [0.2, 0.25) is 0 Å². The Morgan fingerprint density at radius 2 is 1.87 bits per heavy atom. The molecule has 0 atom stereocenters. The van der Waals surface area contributed by atoms with Crippen LogP contribution in [-0.2, 0) is 9.59 Å². The molecule has 1 amide bonds. The molecule has 4 heteroatoms. The van der Waals surface area contributed by atoms with E-state index in [9.17, 15) is 9.59 Å². The lowest BCUT2D eigenvalue weighted by Gasteiger charge is -2.33. The lowest BCUT2D eigenvalue weighted by atomic mass is 9.94. The Labute approximate surface area is 94.6 Å². The van der Waals surface area contributed by atoms with Crippen LogP contribution in [0.5, 0.6) is 0 Å². The summed E-state index contributed by atoms with van der Waals surface area (Å²) in [6, 6.07) is 0.340. The first-order valence-electron chi connectivity index (χ1n) is 5.54. The Morgan fingerprint density at radius 3 is 2.33 bits per heavy atom. The average Bonchev–Trinajstić information content (AvgIpc) is 2.58. The molecular weight excluding hydrogens is 210 g/mol. The Balaban J connectivity index is 1.90. The number of ketones is 1. The maximum absolute atomic E-state index is 11.5. The summed E-state index contributed by atoms with van der Waals surface area (Å²) in [7, 11) is 0. The van der Waals surface area contributed by atoms with E-state index in [-0.39, 0.29) is 18.1 Å². The van der Waals surface area contributed by atoms with E-state index in [4.69, 9.17) is 0 Å². The van der Waals surface area contributed by atoms with E-state index in [1.54, 1.807) is 4.90 Å². The molecule has 0 unspecified atom stereocenters. The first-order valence-corrected chi connectivity index (χ1v) is 6.83. The van der Waals surface area contributed by atoms with Gasteiger partial charge in [-0.3, -0.25) is 9.59 Å². The summed E-state index contributed by atoms with van der Waals surface area (Å²) in [4.78, 5) is 24.5. The van der Waals surface area contributed by atoms with Crippen molar-refractivity contribution in [3.63, 3.8) is 0 Å². The zero-order chi connectivity index (χ0) is 10.8. The maximum Gasteiger partial charge on any atom is 0.230 e. The molecular formula is C11H17NO2S. The standard InChI is InChI=1S/C11H17NO2S/c1-15-10-4-2-8(3-5-10)12-7-9(13)6-11(12)14/h8,10H,2-7H2,1H3. The Bertz CT molecular complexity index is 272. The van der Waals surface area contributed by atoms with Crippen molar-refractivity contribution in [2.75, 3.05) is 12.8 Å². The van der Waals surface area contributed by atoms with Crippen LogP contribution in [0.4, 0.5) is 0 Å². The monoisotopic (exact) mass is 227 g/mol. The van der Waals surface area contributed by atoms with Crippen molar-refractivity contribution in [1.82, 2.24) is 4.90 Å². The molecule has 0 bridgehead atoms. The summed E-state index contributed by atoms with van der Waals surface area (Å²) in [6.45, 7) is 0.368. The molecule has 3 nitrogen and oxygen atoms in total. The number of likely N-dealkylation sites (tertiary alicyclic amines) is 1. The Morgan fingerprint density at radius 1 is 1.20 bits per heavy atom. The molecule has 1 heterocycles. The number of amides is 1. The number of rotatable bonds is 2. The fourth-order valence-corrected chi connectivity index (χ4v) is 3.27. The highest BCUT2D eigenvalue weighted by molar-refractivity contribution is 7.99. The van der Waals surface area contributed by atoms with Gasteiger partial charge in [-0.15, -0.1) is 0 Å². The summed E-state index contributed by atoms with van der Waals surface area (Å²) >= 11 is 1.92. The third-order valence-corrected chi connectivity index (χ3v) is 4.57. The Hall–Kier alpha value is -0.510. The molecule has 0 spiro atoms. The third kappa shape index (κ3) is 2.36. The molecule has 1 aliphatic heterocycles. The second kappa shape index (κ2) is 4.56. The molecule has 0 radical (unpaired) electrons. The summed E-state index contributed by atoms with van der Waals surface area (Å²) in [6.07, 6.45) is 6.81. The molecule has 0 N–H and O–H groups in total. The van der Waals surface area contributed by atoms with E-state index >= 15 is 0 Å². The summed E-state index contributed by atoms with van der Waals surface area (Å²) < 4.78 is 0. The van der Waals surface area contributed by atoms with Gasteiger partial charge in [0.15, 0.2) is 5.78 Å². The number of hydrogen-bond donors (Lipinski definition) is 0. The quantitative estimate of drug-likeness (QED) is 0.670. The van der Waals surface area contributed by atoms with Crippen molar-refractivity contribution in [3.05, 3.63) is 0 Å². The average molecular weight is 227 g/mol. The van der Waals surface area contributed by atoms with Crippen molar-refractivity contribution in [2.24, 2.45) is 0 Å². The van der Waals surface area contributed by atoms with Crippen molar-refractivity contribution >= 4 is 23.5 Å². The fraction of sp³-hybridized carbons (Fsp3) is 0.818. The fourth-order valence-electron chi connectivity index (χ4n) is 2.53. The van der Waals surface area contributed by atoms with Crippen molar-refractivity contribution in [3.8, 4) is 0 Å². The van der Waals surface area contributed by atoms with E-state index in [1.165, 1.54) is 12.8 Å². The number of thioether (sulfide) groups is 1. The lowest BCUT2D eigenvalue weighted by molar-refractivity contribution is -0.130. The van der Waals surface area contributed by atoms with Gasteiger partial charge >= 0.3 is 0 Å². The minimum Gasteiger partial charge on any atom is -0.332 e. The second-order valence-corrected chi connectivity index (χ2v) is 5.54. The van der Waals surface area contributed by atoms with Gasteiger partial charge in [0.1, 0.15) is 0 Å². The predicted octanol–water partition coefficient (Wildman–Crippen LogP) is 1.46. The van der Waals surface area contributed by atoms with Crippen molar-refractivity contribution in [1.29, 1.82) is 0 Å². The number of carbonyl (C=O) groups excluding carboxylic acids is 2. The minimum absolute atomic E-state index is 0.0487. The predicted molar refractivity (Wildman–Crippen MR) is 60.9 cm³/mol. The number of carbonyl (C=O) groups is 2. The van der Waals surface area contributed by atoms with Crippen LogP contribution in [-0.4, -0.2) is 40.7 Å². The first-order chi connectivity index (χ1) is 7.20. The number of nitrogens with zero attached hydrogens (tertiary/aromatic N) is 1. The summed E-state index contributed by atoms with van der Waals surface area (Å²) in [5.74, 6) is 0.139. The van der Waals surface area contributed by atoms with Gasteiger partial charge in [0.25, 0.3) is 0 Å². The zero-order valence-corrected chi connectivity index (χ0v) is 9.89. The minimum atomic E-state index is 0.0487. The maximum atomic E-state index is 11.5.